The molecule has 0 saturated heterocycles. The molecule has 0 unspecified atom stereocenters. The second kappa shape index (κ2) is 6.05. The molecule has 1 radical (unpaired) electrons. The van der Waals surface area contributed by atoms with Crippen molar-refractivity contribution in [1.29, 1.82) is 0 Å². The van der Waals surface area contributed by atoms with Gasteiger partial charge >= 0.3 is 122 Å². The molecule has 1 N–H and O–H groups in total. The Kier molecular flexibility index (Phi) is 4.41. The van der Waals surface area contributed by atoms with Gasteiger partial charge in [0.05, 0.1) is 0 Å². The minimum absolute atomic E-state index is 0.0911. The minimum atomic E-state index is -0.0911. The van der Waals surface area contributed by atoms with Crippen molar-refractivity contribution < 1.29 is 4.79 Å². The Morgan fingerprint density at radius 2 is 1.68 bits per heavy atom. The van der Waals surface area contributed by atoms with E-state index in [1.165, 1.54) is 5.56 Å². The molecular formula is C16H16NOSe. The van der Waals surface area contributed by atoms with Gasteiger partial charge in [-0.05, 0) is 0 Å². The Morgan fingerprint density at radius 1 is 1.05 bits per heavy atom. The molecule has 1 amide bonds. The van der Waals surface area contributed by atoms with Gasteiger partial charge in [-0.25, -0.2) is 0 Å². The second-order valence-corrected chi connectivity index (χ2v) is 5.65. The normalized spacial score (nSPS) is 10.5. The van der Waals surface area contributed by atoms with Crippen LogP contribution in [0.3, 0.4) is 0 Å². The first-order valence-corrected chi connectivity index (χ1v) is 7.11. The zero-order chi connectivity index (χ0) is 13.8. The third-order valence-corrected chi connectivity index (χ3v) is 3.71. The van der Waals surface area contributed by atoms with Gasteiger partial charge in [0, 0.05) is 0 Å². The molecule has 0 aliphatic carbocycles. The predicted octanol–water partition coefficient (Wildman–Crippen LogP) is 2.86. The van der Waals surface area contributed by atoms with Crippen LogP contribution in [0.25, 0.3) is 0 Å². The molecule has 0 atom stereocenters. The summed E-state index contributed by atoms with van der Waals surface area (Å²) in [6.45, 7) is 4.30. The van der Waals surface area contributed by atoms with E-state index in [1.807, 2.05) is 48.5 Å². The molecule has 0 saturated carbocycles. The molecule has 2 aromatic carbocycles. The first-order valence-electron chi connectivity index (χ1n) is 6.25. The Labute approximate surface area is 122 Å². The van der Waals surface area contributed by atoms with Crippen LogP contribution in [-0.2, 0) is 0 Å². The van der Waals surface area contributed by atoms with E-state index in [9.17, 15) is 4.79 Å². The molecule has 0 aliphatic heterocycles. The number of hydrogen-bond acceptors (Lipinski definition) is 1. The quantitative estimate of drug-likeness (QED) is 0.867. The van der Waals surface area contributed by atoms with Crippen LogP contribution in [-0.4, -0.2) is 21.9 Å². The molecule has 2 rings (SSSR count). The van der Waals surface area contributed by atoms with Gasteiger partial charge < -0.3 is 0 Å². The fraction of sp³-hybridized carbons (Fsp3) is 0.188. The van der Waals surface area contributed by atoms with Gasteiger partial charge in [0.25, 0.3) is 0 Å². The molecule has 0 aromatic heterocycles. The topological polar surface area (TPSA) is 29.1 Å². The van der Waals surface area contributed by atoms with Crippen LogP contribution in [0.4, 0.5) is 5.69 Å². The summed E-state index contributed by atoms with van der Waals surface area (Å²) in [6.07, 6.45) is 0. The Morgan fingerprint density at radius 3 is 2.26 bits per heavy atom. The molecule has 0 heterocycles. The zero-order valence-electron chi connectivity index (χ0n) is 11.0. The summed E-state index contributed by atoms with van der Waals surface area (Å²) >= 11 is 2.90. The van der Waals surface area contributed by atoms with Gasteiger partial charge in [0.15, 0.2) is 0 Å². The zero-order valence-corrected chi connectivity index (χ0v) is 12.7. The van der Waals surface area contributed by atoms with Crippen molar-refractivity contribution >= 4 is 32.1 Å². The number of amides is 1. The van der Waals surface area contributed by atoms with Crippen LogP contribution in [0.2, 0.25) is 0 Å². The average Bonchev–Trinajstić information content (AvgIpc) is 2.39. The number of anilines is 1. The number of nitrogens with one attached hydrogen (secondary N) is 1. The van der Waals surface area contributed by atoms with Gasteiger partial charge in [-0.3, -0.25) is 0 Å². The molecule has 19 heavy (non-hydrogen) atoms. The first-order chi connectivity index (χ1) is 9.08. The summed E-state index contributed by atoms with van der Waals surface area (Å²) in [4.78, 5) is 12.1. The van der Waals surface area contributed by atoms with Gasteiger partial charge in [0.1, 0.15) is 0 Å². The van der Waals surface area contributed by atoms with E-state index in [4.69, 9.17) is 0 Å². The van der Waals surface area contributed by atoms with Crippen molar-refractivity contribution in [1.82, 2.24) is 0 Å². The number of rotatable bonds is 3. The molecular weight excluding hydrogens is 301 g/mol. The van der Waals surface area contributed by atoms with E-state index in [0.29, 0.717) is 11.5 Å². The first kappa shape index (κ1) is 13.9. The summed E-state index contributed by atoms with van der Waals surface area (Å²) in [6, 6.07) is 15.4. The molecule has 0 aliphatic rings. The summed E-state index contributed by atoms with van der Waals surface area (Å²) in [7, 11) is 0. The van der Waals surface area contributed by atoms with Crippen LogP contribution in [0.5, 0.6) is 0 Å². The summed E-state index contributed by atoms with van der Waals surface area (Å²) < 4.78 is 0.860. The number of benzene rings is 2. The average molecular weight is 317 g/mol. The van der Waals surface area contributed by atoms with Gasteiger partial charge in [-0.15, -0.1) is 0 Å². The van der Waals surface area contributed by atoms with Crippen LogP contribution in [0.1, 0.15) is 35.7 Å². The van der Waals surface area contributed by atoms with Crippen LogP contribution in [0, 0.1) is 0 Å². The molecule has 3 heteroatoms. The van der Waals surface area contributed by atoms with Crippen molar-refractivity contribution in [2.75, 3.05) is 5.32 Å². The van der Waals surface area contributed by atoms with Crippen molar-refractivity contribution in [3.63, 3.8) is 0 Å². The summed E-state index contributed by atoms with van der Waals surface area (Å²) in [5.74, 6) is 0.405. The number of hydrogen-bond donors (Lipinski definition) is 1. The number of carbonyl (C=O) groups excluding carboxylic acids is 1. The summed E-state index contributed by atoms with van der Waals surface area (Å²) in [5, 5.41) is 2.91. The van der Waals surface area contributed by atoms with E-state index >= 15 is 0 Å². The van der Waals surface area contributed by atoms with Crippen molar-refractivity contribution in [3.8, 4) is 0 Å². The SMILES string of the molecule is CC(C)c1ccc(NC(=O)c2ccccc2[Se])cc1. The maximum atomic E-state index is 12.1. The van der Waals surface area contributed by atoms with Crippen molar-refractivity contribution in [2.24, 2.45) is 0 Å². The van der Waals surface area contributed by atoms with Gasteiger partial charge in [-0.1, -0.05) is 0 Å². The van der Waals surface area contributed by atoms with Crippen LogP contribution in [0.15, 0.2) is 48.5 Å². The van der Waals surface area contributed by atoms with E-state index in [0.717, 1.165) is 10.1 Å². The third kappa shape index (κ3) is 3.46. The van der Waals surface area contributed by atoms with E-state index in [1.54, 1.807) is 0 Å². The van der Waals surface area contributed by atoms with Crippen LogP contribution < -0.4 is 9.78 Å². The second-order valence-electron chi connectivity index (χ2n) is 4.73. The number of carbonyl (C=O) groups is 1. The fourth-order valence-electron chi connectivity index (χ4n) is 1.80. The molecule has 97 valence electrons. The van der Waals surface area contributed by atoms with Crippen LogP contribution >= 0.6 is 0 Å². The Bertz CT molecular complexity index is 576. The molecule has 2 nitrogen and oxygen atoms in total. The Hall–Kier alpha value is -1.57. The van der Waals surface area contributed by atoms with Gasteiger partial charge in [-0.2, -0.15) is 0 Å². The van der Waals surface area contributed by atoms with E-state index < -0.39 is 0 Å². The van der Waals surface area contributed by atoms with E-state index in [2.05, 4.69) is 35.2 Å². The monoisotopic (exact) mass is 318 g/mol. The summed E-state index contributed by atoms with van der Waals surface area (Å²) in [5.41, 5.74) is 2.75. The fourth-order valence-corrected chi connectivity index (χ4v) is 2.31. The van der Waals surface area contributed by atoms with Gasteiger partial charge in [0.2, 0.25) is 0 Å². The van der Waals surface area contributed by atoms with Crippen molar-refractivity contribution in [3.05, 3.63) is 59.7 Å². The molecule has 2 aromatic rings. The standard InChI is InChI=1S/C16H16NOSe/c1-11(2)12-7-9-13(10-8-12)17-16(18)14-5-3-4-6-15(14)19/h3-11H,1-2H3,(H,17,18). The maximum absolute atomic E-state index is 12.1. The van der Waals surface area contributed by atoms with E-state index in [-0.39, 0.29) is 5.91 Å². The molecule has 0 spiro atoms. The predicted molar refractivity (Wildman–Crippen MR) is 80.3 cm³/mol. The molecule has 0 fully saturated rings. The van der Waals surface area contributed by atoms with Crippen molar-refractivity contribution in [2.45, 2.75) is 19.8 Å². The molecule has 0 bridgehead atoms. The Balaban J connectivity index is 2.13. The third-order valence-electron chi connectivity index (χ3n) is 2.97.